The van der Waals surface area contributed by atoms with Gasteiger partial charge in [0, 0.05) is 33.0 Å². The van der Waals surface area contributed by atoms with E-state index < -0.39 is 0 Å². The molecule has 0 saturated carbocycles. The van der Waals surface area contributed by atoms with Crippen molar-refractivity contribution in [3.8, 4) is 0 Å². The maximum absolute atomic E-state index is 6.85. The predicted molar refractivity (Wildman–Crippen MR) is 157 cm³/mol. The zero-order valence-electron chi connectivity index (χ0n) is 19.5. The van der Waals surface area contributed by atoms with E-state index in [4.69, 9.17) is 28.2 Å². The molecule has 0 aromatic heterocycles. The Morgan fingerprint density at radius 1 is 0.944 bits per heavy atom. The molecule has 7 heteroatoms. The van der Waals surface area contributed by atoms with Gasteiger partial charge < -0.3 is 4.90 Å². The van der Waals surface area contributed by atoms with Gasteiger partial charge in [0.25, 0.3) is 0 Å². The van der Waals surface area contributed by atoms with Crippen LogP contribution in [0.4, 0.5) is 0 Å². The standard InChI is InChI=1S/C29H22BrCl2N3S/c1-34-15-20(14-19-6-2-4-8-24(19)31)27-23(16-34)28(22-7-3-5-9-25(22)32)35-26(17-36-29(35)33-27)18-10-12-21(30)13-11-18/h2-14,17,28H,15-16H2,1H3/b20-14+/t28-/m1/s1. The second-order valence-corrected chi connectivity index (χ2v) is 11.6. The summed E-state index contributed by atoms with van der Waals surface area (Å²) >= 11 is 18.6. The molecule has 0 radical (unpaired) electrons. The largest absolute Gasteiger partial charge is 0.308 e. The first-order valence-corrected chi connectivity index (χ1v) is 14.0. The molecular formula is C29H22BrCl2N3S. The van der Waals surface area contributed by atoms with Crippen LogP contribution in [0, 0.1) is 0 Å². The second-order valence-electron chi connectivity index (χ2n) is 9.05. The lowest BCUT2D eigenvalue weighted by molar-refractivity contribution is 0.344. The van der Waals surface area contributed by atoms with Crippen LogP contribution in [0.25, 0.3) is 11.8 Å². The number of halogens is 3. The van der Waals surface area contributed by atoms with Crippen LogP contribution < -0.4 is 0 Å². The minimum Gasteiger partial charge on any atom is -0.308 e. The van der Waals surface area contributed by atoms with Gasteiger partial charge in [-0.05, 0) is 65.2 Å². The molecule has 0 saturated heterocycles. The fourth-order valence-electron chi connectivity index (χ4n) is 5.00. The first-order valence-electron chi connectivity index (χ1n) is 11.6. The summed E-state index contributed by atoms with van der Waals surface area (Å²) in [6.07, 6.45) is 2.18. The molecule has 180 valence electrons. The van der Waals surface area contributed by atoms with Crippen LogP contribution in [0.1, 0.15) is 22.7 Å². The summed E-state index contributed by atoms with van der Waals surface area (Å²) < 4.78 is 1.06. The number of fused-ring (bicyclic) bond motifs is 1. The topological polar surface area (TPSA) is 18.8 Å². The van der Waals surface area contributed by atoms with Crippen molar-refractivity contribution in [1.29, 1.82) is 0 Å². The fourth-order valence-corrected chi connectivity index (χ4v) is 6.63. The van der Waals surface area contributed by atoms with E-state index in [2.05, 4.69) is 86.7 Å². The number of amidine groups is 1. The number of hydrogen-bond acceptors (Lipinski definition) is 4. The van der Waals surface area contributed by atoms with Crippen LogP contribution in [-0.2, 0) is 0 Å². The van der Waals surface area contributed by atoms with E-state index in [-0.39, 0.29) is 6.04 Å². The van der Waals surface area contributed by atoms with E-state index in [0.717, 1.165) is 66.4 Å². The van der Waals surface area contributed by atoms with Crippen molar-refractivity contribution >= 4 is 67.8 Å². The monoisotopic (exact) mass is 593 g/mol. The Hall–Kier alpha value is -2.28. The molecule has 0 bridgehead atoms. The van der Waals surface area contributed by atoms with Crippen LogP contribution in [0.3, 0.4) is 0 Å². The molecule has 3 aliphatic rings. The van der Waals surface area contributed by atoms with Crippen LogP contribution in [0.2, 0.25) is 10.0 Å². The predicted octanol–water partition coefficient (Wildman–Crippen LogP) is 8.50. The van der Waals surface area contributed by atoms with Crippen molar-refractivity contribution in [2.75, 3.05) is 20.1 Å². The van der Waals surface area contributed by atoms with Crippen molar-refractivity contribution in [1.82, 2.24) is 9.80 Å². The first kappa shape index (κ1) is 24.1. The third kappa shape index (κ3) is 4.37. The number of rotatable bonds is 3. The summed E-state index contributed by atoms with van der Waals surface area (Å²) in [7, 11) is 2.15. The molecule has 0 fully saturated rings. The molecule has 3 aromatic carbocycles. The summed E-state index contributed by atoms with van der Waals surface area (Å²) in [4.78, 5) is 9.93. The molecule has 3 nitrogen and oxygen atoms in total. The lowest BCUT2D eigenvalue weighted by atomic mass is 9.88. The lowest BCUT2D eigenvalue weighted by Crippen LogP contribution is -2.40. The number of aliphatic imine (C=N–C) groups is 1. The van der Waals surface area contributed by atoms with E-state index in [0.29, 0.717) is 0 Å². The molecule has 3 aromatic rings. The maximum atomic E-state index is 6.85. The molecule has 0 aliphatic carbocycles. The second kappa shape index (κ2) is 9.88. The van der Waals surface area contributed by atoms with Gasteiger partial charge >= 0.3 is 0 Å². The van der Waals surface area contributed by atoms with E-state index in [1.165, 1.54) is 5.57 Å². The molecule has 1 atom stereocenters. The highest BCUT2D eigenvalue weighted by molar-refractivity contribution is 9.10. The molecule has 6 rings (SSSR count). The number of hydrogen-bond donors (Lipinski definition) is 0. The van der Waals surface area contributed by atoms with Gasteiger partial charge in [-0.1, -0.05) is 99.4 Å². The zero-order valence-corrected chi connectivity index (χ0v) is 23.4. The van der Waals surface area contributed by atoms with E-state index in [1.54, 1.807) is 11.8 Å². The smallest absolute Gasteiger partial charge is 0.174 e. The lowest BCUT2D eigenvalue weighted by Gasteiger charge is -2.42. The quantitative estimate of drug-likeness (QED) is 0.303. The average molecular weight is 595 g/mol. The van der Waals surface area contributed by atoms with Gasteiger partial charge in [0.15, 0.2) is 5.17 Å². The number of benzene rings is 3. The Labute approximate surface area is 233 Å². The highest BCUT2D eigenvalue weighted by atomic mass is 79.9. The first-order chi connectivity index (χ1) is 17.5. The summed E-state index contributed by atoms with van der Waals surface area (Å²) in [5.41, 5.74) is 7.80. The highest BCUT2D eigenvalue weighted by Gasteiger charge is 2.41. The molecule has 0 amide bonds. The molecule has 3 aliphatic heterocycles. The van der Waals surface area contributed by atoms with Crippen LogP contribution in [0.15, 0.2) is 105 Å². The number of thioether (sulfide) groups is 1. The number of likely N-dealkylation sites (N-methyl/N-ethyl adjacent to an activating group) is 1. The van der Waals surface area contributed by atoms with Gasteiger partial charge in [-0.2, -0.15) is 0 Å². The van der Waals surface area contributed by atoms with Crippen LogP contribution in [-0.4, -0.2) is 35.1 Å². The highest BCUT2D eigenvalue weighted by Crippen LogP contribution is 2.50. The normalized spacial score (nSPS) is 20.8. The minimum absolute atomic E-state index is 0.0662. The Balaban J connectivity index is 1.54. The van der Waals surface area contributed by atoms with Crippen molar-refractivity contribution in [2.24, 2.45) is 4.99 Å². The SMILES string of the molecule is CN1CC2=C(N=C3SC=C(c4ccc(Br)cc4)N3[C@@H]2c2ccccc2Cl)/C(=C/c2ccccc2Cl)C1. The van der Waals surface area contributed by atoms with E-state index >= 15 is 0 Å². The van der Waals surface area contributed by atoms with Crippen molar-refractivity contribution in [3.63, 3.8) is 0 Å². The average Bonchev–Trinajstić information content (AvgIpc) is 3.29. The van der Waals surface area contributed by atoms with Gasteiger partial charge in [-0.15, -0.1) is 0 Å². The van der Waals surface area contributed by atoms with Crippen LogP contribution in [0.5, 0.6) is 0 Å². The van der Waals surface area contributed by atoms with Crippen molar-refractivity contribution in [2.45, 2.75) is 6.04 Å². The van der Waals surface area contributed by atoms with Crippen molar-refractivity contribution in [3.05, 3.63) is 126 Å². The summed E-state index contributed by atoms with van der Waals surface area (Å²) in [6, 6.07) is 24.5. The van der Waals surface area contributed by atoms with Gasteiger partial charge in [-0.3, -0.25) is 4.90 Å². The van der Waals surface area contributed by atoms with E-state index in [1.807, 2.05) is 30.3 Å². The molecule has 3 heterocycles. The summed E-state index contributed by atoms with van der Waals surface area (Å²) in [5, 5.41) is 4.66. The number of nitrogens with zero attached hydrogens (tertiary/aromatic N) is 3. The van der Waals surface area contributed by atoms with Gasteiger partial charge in [-0.25, -0.2) is 4.99 Å². The molecule has 36 heavy (non-hydrogen) atoms. The van der Waals surface area contributed by atoms with Crippen LogP contribution >= 0.6 is 50.9 Å². The zero-order chi connectivity index (χ0) is 24.8. The fraction of sp³-hybridized carbons (Fsp3) is 0.138. The van der Waals surface area contributed by atoms with Gasteiger partial charge in [0.05, 0.1) is 17.4 Å². The Morgan fingerprint density at radius 3 is 2.42 bits per heavy atom. The third-order valence-corrected chi connectivity index (χ3v) is 8.66. The molecular weight excluding hydrogens is 573 g/mol. The Bertz CT molecular complexity index is 1480. The minimum atomic E-state index is -0.0662. The summed E-state index contributed by atoms with van der Waals surface area (Å²) in [6.45, 7) is 1.60. The molecule has 0 N–H and O–H groups in total. The van der Waals surface area contributed by atoms with Gasteiger partial charge in [0.1, 0.15) is 0 Å². The van der Waals surface area contributed by atoms with Gasteiger partial charge in [0.2, 0.25) is 0 Å². The maximum Gasteiger partial charge on any atom is 0.174 e. The van der Waals surface area contributed by atoms with Crippen molar-refractivity contribution < 1.29 is 0 Å². The summed E-state index contributed by atoms with van der Waals surface area (Å²) in [5.74, 6) is 0. The van der Waals surface area contributed by atoms with E-state index in [9.17, 15) is 0 Å². The third-order valence-electron chi connectivity index (χ3n) is 6.60. The molecule has 0 unspecified atom stereocenters. The Kier molecular flexibility index (Phi) is 6.61. The Morgan fingerprint density at radius 2 is 1.67 bits per heavy atom. The molecule has 0 spiro atoms.